The van der Waals surface area contributed by atoms with Crippen LogP contribution in [0.25, 0.3) is 11.0 Å². The van der Waals surface area contributed by atoms with E-state index in [0.29, 0.717) is 28.7 Å². The highest BCUT2D eigenvalue weighted by Gasteiger charge is 2.21. The highest BCUT2D eigenvalue weighted by atomic mass is 35.5. The monoisotopic (exact) mass is 398 g/mol. The van der Waals surface area contributed by atoms with Crippen LogP contribution in [-0.4, -0.2) is 29.2 Å². The minimum atomic E-state index is -3.69. The van der Waals surface area contributed by atoms with Crippen molar-refractivity contribution in [3.05, 3.63) is 53.1 Å². The van der Waals surface area contributed by atoms with E-state index >= 15 is 0 Å². The molecule has 2 N–H and O–H groups in total. The molecular weight excluding hydrogens is 383 g/mol. The summed E-state index contributed by atoms with van der Waals surface area (Å²) in [4.78, 5) is 12.1. The summed E-state index contributed by atoms with van der Waals surface area (Å²) in [5.41, 5.74) is 2.28. The number of halogens is 2. The zero-order valence-electron chi connectivity index (χ0n) is 13.3. The predicted octanol–water partition coefficient (Wildman–Crippen LogP) is 3.43. The van der Waals surface area contributed by atoms with Gasteiger partial charge in [0, 0.05) is 23.5 Å². The number of aromatic amines is 1. The molecule has 0 amide bonds. The van der Waals surface area contributed by atoms with Crippen molar-refractivity contribution in [2.24, 2.45) is 0 Å². The molecule has 0 aliphatic rings. The number of rotatable bonds is 6. The van der Waals surface area contributed by atoms with Crippen molar-refractivity contribution in [3.63, 3.8) is 0 Å². The largest absolute Gasteiger partial charge is 0.341 e. The number of aryl methyl sites for hydroxylation is 1. The van der Waals surface area contributed by atoms with Gasteiger partial charge < -0.3 is 4.98 Å². The van der Waals surface area contributed by atoms with Gasteiger partial charge in [0.25, 0.3) is 0 Å². The SMILES string of the molecule is CC(NS(=O)(=O)c1ccc(Cl)cc1)c1nc2c(CCCl)nccc2[nH]1. The Bertz CT molecular complexity index is 987. The van der Waals surface area contributed by atoms with E-state index in [2.05, 4.69) is 19.7 Å². The van der Waals surface area contributed by atoms with Crippen LogP contribution in [0.15, 0.2) is 41.4 Å². The number of hydrogen-bond donors (Lipinski definition) is 2. The Morgan fingerprint density at radius 1 is 1.24 bits per heavy atom. The van der Waals surface area contributed by atoms with Crippen LogP contribution >= 0.6 is 23.2 Å². The van der Waals surface area contributed by atoms with Crippen molar-refractivity contribution in [2.45, 2.75) is 24.3 Å². The van der Waals surface area contributed by atoms with Crippen LogP contribution in [0.5, 0.6) is 0 Å². The molecule has 6 nitrogen and oxygen atoms in total. The fourth-order valence-corrected chi connectivity index (χ4v) is 3.97. The van der Waals surface area contributed by atoms with Gasteiger partial charge in [-0.2, -0.15) is 0 Å². The number of imidazole rings is 1. The molecule has 3 rings (SSSR count). The number of alkyl halides is 1. The number of benzene rings is 1. The second kappa shape index (κ2) is 7.29. The van der Waals surface area contributed by atoms with Crippen LogP contribution in [0.2, 0.25) is 5.02 Å². The number of hydrogen-bond acceptors (Lipinski definition) is 4. The van der Waals surface area contributed by atoms with Crippen LogP contribution in [0, 0.1) is 0 Å². The van der Waals surface area contributed by atoms with Crippen molar-refractivity contribution >= 4 is 44.3 Å². The second-order valence-corrected chi connectivity index (χ2v) is 8.04. The third-order valence-electron chi connectivity index (χ3n) is 3.69. The number of nitrogens with zero attached hydrogens (tertiary/aromatic N) is 2. The summed E-state index contributed by atoms with van der Waals surface area (Å²) in [5, 5.41) is 0.476. The van der Waals surface area contributed by atoms with E-state index in [1.54, 1.807) is 19.2 Å². The number of fused-ring (bicyclic) bond motifs is 1. The Balaban J connectivity index is 1.88. The molecule has 3 aromatic rings. The van der Waals surface area contributed by atoms with Crippen molar-refractivity contribution in [2.75, 3.05) is 5.88 Å². The van der Waals surface area contributed by atoms with Gasteiger partial charge in [0.05, 0.1) is 22.1 Å². The van der Waals surface area contributed by atoms with Crippen molar-refractivity contribution in [3.8, 4) is 0 Å². The molecule has 0 radical (unpaired) electrons. The molecule has 0 bridgehead atoms. The molecule has 9 heteroatoms. The Labute approximate surface area is 155 Å². The van der Waals surface area contributed by atoms with E-state index in [1.165, 1.54) is 24.3 Å². The average molecular weight is 399 g/mol. The average Bonchev–Trinajstić information content (AvgIpc) is 3.00. The summed E-state index contributed by atoms with van der Waals surface area (Å²) in [7, 11) is -3.69. The summed E-state index contributed by atoms with van der Waals surface area (Å²) in [6.45, 7) is 1.72. The van der Waals surface area contributed by atoms with Gasteiger partial charge in [0.2, 0.25) is 10.0 Å². The minimum Gasteiger partial charge on any atom is -0.341 e. The van der Waals surface area contributed by atoms with Crippen molar-refractivity contribution in [1.82, 2.24) is 19.7 Å². The first kappa shape index (κ1) is 18.1. The van der Waals surface area contributed by atoms with Crippen LogP contribution < -0.4 is 4.72 Å². The maximum atomic E-state index is 12.5. The number of sulfonamides is 1. The Hall–Kier alpha value is -1.67. The molecule has 0 saturated carbocycles. The first-order chi connectivity index (χ1) is 11.9. The summed E-state index contributed by atoms with van der Waals surface area (Å²) < 4.78 is 27.6. The molecular formula is C16H16Cl2N4O2S. The van der Waals surface area contributed by atoms with E-state index in [4.69, 9.17) is 23.2 Å². The molecule has 2 aromatic heterocycles. The maximum absolute atomic E-state index is 12.5. The first-order valence-electron chi connectivity index (χ1n) is 7.58. The van der Waals surface area contributed by atoms with Gasteiger partial charge in [0.1, 0.15) is 11.3 Å². The highest BCUT2D eigenvalue weighted by Crippen LogP contribution is 2.21. The predicted molar refractivity (Wildman–Crippen MR) is 98.5 cm³/mol. The molecule has 0 spiro atoms. The van der Waals surface area contributed by atoms with Gasteiger partial charge in [-0.3, -0.25) is 4.98 Å². The molecule has 0 aliphatic carbocycles. The van der Waals surface area contributed by atoms with Gasteiger partial charge >= 0.3 is 0 Å². The molecule has 1 unspecified atom stereocenters. The smallest absolute Gasteiger partial charge is 0.241 e. The quantitative estimate of drug-likeness (QED) is 0.622. The normalized spacial score (nSPS) is 13.2. The first-order valence-corrected chi connectivity index (χ1v) is 9.97. The van der Waals surface area contributed by atoms with E-state index in [9.17, 15) is 8.42 Å². The van der Waals surface area contributed by atoms with Crippen molar-refractivity contribution < 1.29 is 8.42 Å². The van der Waals surface area contributed by atoms with Crippen LogP contribution in [0.3, 0.4) is 0 Å². The molecule has 132 valence electrons. The van der Waals surface area contributed by atoms with E-state index < -0.39 is 16.1 Å². The Kier molecular flexibility index (Phi) is 5.29. The van der Waals surface area contributed by atoms with E-state index in [-0.39, 0.29) is 4.90 Å². The van der Waals surface area contributed by atoms with E-state index in [1.807, 2.05) is 0 Å². The minimum absolute atomic E-state index is 0.143. The maximum Gasteiger partial charge on any atom is 0.241 e. The number of H-pyrrole nitrogens is 1. The highest BCUT2D eigenvalue weighted by molar-refractivity contribution is 7.89. The molecule has 2 heterocycles. The third-order valence-corrected chi connectivity index (χ3v) is 5.69. The zero-order chi connectivity index (χ0) is 18.0. The Morgan fingerprint density at radius 2 is 1.96 bits per heavy atom. The lowest BCUT2D eigenvalue weighted by Crippen LogP contribution is -2.27. The lowest BCUT2D eigenvalue weighted by Gasteiger charge is -2.12. The molecule has 25 heavy (non-hydrogen) atoms. The van der Waals surface area contributed by atoms with Crippen LogP contribution in [-0.2, 0) is 16.4 Å². The van der Waals surface area contributed by atoms with Gasteiger partial charge in [0.15, 0.2) is 0 Å². The molecule has 0 saturated heterocycles. The Morgan fingerprint density at radius 3 is 2.64 bits per heavy atom. The fraction of sp³-hybridized carbons (Fsp3) is 0.250. The molecule has 0 fully saturated rings. The van der Waals surface area contributed by atoms with Crippen molar-refractivity contribution in [1.29, 1.82) is 0 Å². The lowest BCUT2D eigenvalue weighted by molar-refractivity contribution is 0.561. The number of nitrogens with one attached hydrogen (secondary N) is 2. The van der Waals surface area contributed by atoms with Gasteiger partial charge in [-0.1, -0.05) is 11.6 Å². The lowest BCUT2D eigenvalue weighted by atomic mass is 10.2. The number of pyridine rings is 1. The summed E-state index contributed by atoms with van der Waals surface area (Å²) in [6, 6.07) is 7.23. The molecule has 1 aromatic carbocycles. The zero-order valence-corrected chi connectivity index (χ0v) is 15.7. The third kappa shape index (κ3) is 3.95. The fourth-order valence-electron chi connectivity index (χ4n) is 2.46. The molecule has 1 atom stereocenters. The summed E-state index contributed by atoms with van der Waals surface area (Å²) in [6.07, 6.45) is 2.27. The second-order valence-electron chi connectivity index (χ2n) is 5.51. The number of aromatic nitrogens is 3. The standard InChI is InChI=1S/C16H16Cl2N4O2S/c1-10(22-25(23,24)12-4-2-11(18)3-5-12)16-20-14-7-9-19-13(6-8-17)15(14)21-16/h2-5,7,9-10,22H,6,8H2,1H3,(H,20,21). The summed E-state index contributed by atoms with van der Waals surface area (Å²) >= 11 is 11.6. The topological polar surface area (TPSA) is 87.7 Å². The van der Waals surface area contributed by atoms with E-state index in [0.717, 1.165) is 11.2 Å². The van der Waals surface area contributed by atoms with Crippen LogP contribution in [0.4, 0.5) is 0 Å². The van der Waals surface area contributed by atoms with Gasteiger partial charge in [-0.25, -0.2) is 18.1 Å². The van der Waals surface area contributed by atoms with Crippen LogP contribution in [0.1, 0.15) is 24.5 Å². The van der Waals surface area contributed by atoms with Gasteiger partial charge in [-0.15, -0.1) is 11.6 Å². The molecule has 0 aliphatic heterocycles. The summed E-state index contributed by atoms with van der Waals surface area (Å²) in [5.74, 6) is 0.948. The van der Waals surface area contributed by atoms with Gasteiger partial charge in [-0.05, 0) is 37.3 Å².